The van der Waals surface area contributed by atoms with Crippen LogP contribution in [0.1, 0.15) is 27.2 Å². The molecule has 0 bridgehead atoms. The second-order valence-electron chi connectivity index (χ2n) is 4.73. The van der Waals surface area contributed by atoms with Crippen LogP contribution in [0.5, 0.6) is 0 Å². The summed E-state index contributed by atoms with van der Waals surface area (Å²) in [5, 5.41) is 8.73. The van der Waals surface area contributed by atoms with E-state index in [1.54, 1.807) is 17.0 Å². The van der Waals surface area contributed by atoms with Crippen molar-refractivity contribution in [3.05, 3.63) is 58.9 Å². The summed E-state index contributed by atoms with van der Waals surface area (Å²) in [6.45, 7) is 1.11. The Balaban J connectivity index is 1.81. The Labute approximate surface area is 116 Å². The van der Waals surface area contributed by atoms with Crippen LogP contribution < -0.4 is 5.73 Å². The monoisotopic (exact) mass is 264 g/mol. The van der Waals surface area contributed by atoms with E-state index in [1.165, 1.54) is 6.20 Å². The molecule has 0 spiro atoms. The second-order valence-corrected chi connectivity index (χ2v) is 4.73. The highest BCUT2D eigenvalue weighted by Gasteiger charge is 2.24. The van der Waals surface area contributed by atoms with E-state index in [9.17, 15) is 4.79 Å². The molecule has 1 aliphatic rings. The molecule has 1 aromatic heterocycles. The fourth-order valence-electron chi connectivity index (χ4n) is 2.31. The van der Waals surface area contributed by atoms with Crippen LogP contribution in [0.4, 0.5) is 5.69 Å². The van der Waals surface area contributed by atoms with Crippen molar-refractivity contribution in [3.8, 4) is 6.07 Å². The van der Waals surface area contributed by atoms with Gasteiger partial charge in [0.15, 0.2) is 0 Å². The highest BCUT2D eigenvalue weighted by molar-refractivity contribution is 5.92. The average molecular weight is 264 g/mol. The Morgan fingerprint density at radius 2 is 2.05 bits per heavy atom. The fourth-order valence-corrected chi connectivity index (χ4v) is 2.31. The number of nitrogen functional groups attached to an aromatic ring is 1. The van der Waals surface area contributed by atoms with Gasteiger partial charge >= 0.3 is 0 Å². The molecule has 1 aromatic carbocycles. The lowest BCUT2D eigenvalue weighted by molar-refractivity contribution is 0.0745. The number of hydrogen-bond acceptors (Lipinski definition) is 4. The molecule has 0 atom stereocenters. The van der Waals surface area contributed by atoms with Gasteiger partial charge in [0.1, 0.15) is 11.8 Å². The first-order valence-electron chi connectivity index (χ1n) is 6.20. The molecule has 0 unspecified atom stereocenters. The largest absolute Gasteiger partial charge is 0.399 e. The van der Waals surface area contributed by atoms with Gasteiger partial charge in [-0.3, -0.25) is 4.79 Å². The first-order chi connectivity index (χ1) is 9.67. The highest BCUT2D eigenvalue weighted by atomic mass is 16.2. The number of carbonyl (C=O) groups excluding carboxylic acids is 1. The van der Waals surface area contributed by atoms with Crippen molar-refractivity contribution < 1.29 is 4.79 Å². The lowest BCUT2D eigenvalue weighted by atomic mass is 10.1. The van der Waals surface area contributed by atoms with E-state index in [0.29, 0.717) is 30.0 Å². The molecule has 98 valence electrons. The van der Waals surface area contributed by atoms with Gasteiger partial charge in [-0.15, -0.1) is 0 Å². The molecular formula is C15H12N4O. The Bertz CT molecular complexity index is 716. The summed E-state index contributed by atoms with van der Waals surface area (Å²) in [5.41, 5.74) is 9.44. The first-order valence-corrected chi connectivity index (χ1v) is 6.20. The van der Waals surface area contributed by atoms with E-state index in [-0.39, 0.29) is 5.91 Å². The van der Waals surface area contributed by atoms with Crippen LogP contribution in [0, 0.1) is 11.3 Å². The van der Waals surface area contributed by atoms with E-state index in [1.807, 2.05) is 24.3 Å². The number of benzene rings is 1. The predicted molar refractivity (Wildman–Crippen MR) is 73.4 cm³/mol. The SMILES string of the molecule is N#Cc1ccc(C(=O)N2Cc3ccc(N)cc3C2)nc1. The van der Waals surface area contributed by atoms with Crippen molar-refractivity contribution in [1.82, 2.24) is 9.88 Å². The number of amides is 1. The molecule has 0 aliphatic carbocycles. The minimum absolute atomic E-state index is 0.135. The molecule has 20 heavy (non-hydrogen) atoms. The summed E-state index contributed by atoms with van der Waals surface area (Å²) < 4.78 is 0. The third kappa shape index (κ3) is 2.08. The highest BCUT2D eigenvalue weighted by Crippen LogP contribution is 2.25. The number of nitriles is 1. The van der Waals surface area contributed by atoms with E-state index >= 15 is 0 Å². The Hall–Kier alpha value is -2.87. The molecule has 1 amide bonds. The van der Waals surface area contributed by atoms with Gasteiger partial charge in [-0.2, -0.15) is 5.26 Å². The summed E-state index contributed by atoms with van der Waals surface area (Å²) in [5.74, 6) is -0.135. The summed E-state index contributed by atoms with van der Waals surface area (Å²) in [6, 6.07) is 10.8. The second kappa shape index (κ2) is 4.67. The molecule has 0 radical (unpaired) electrons. The topological polar surface area (TPSA) is 83.0 Å². The van der Waals surface area contributed by atoms with E-state index in [2.05, 4.69) is 4.98 Å². The zero-order chi connectivity index (χ0) is 14.1. The van der Waals surface area contributed by atoms with Crippen molar-refractivity contribution in [1.29, 1.82) is 5.26 Å². The maximum Gasteiger partial charge on any atom is 0.273 e. The van der Waals surface area contributed by atoms with Gasteiger partial charge in [0, 0.05) is 25.0 Å². The van der Waals surface area contributed by atoms with Gasteiger partial charge in [0.2, 0.25) is 0 Å². The molecule has 0 saturated heterocycles. The molecule has 1 aliphatic heterocycles. The van der Waals surface area contributed by atoms with E-state index < -0.39 is 0 Å². The standard InChI is InChI=1S/C15H12N4O/c16-6-10-1-4-14(18-7-10)15(20)19-8-11-2-3-13(17)5-12(11)9-19/h1-5,7H,8-9,17H2. The van der Waals surface area contributed by atoms with E-state index in [0.717, 1.165) is 11.1 Å². The maximum atomic E-state index is 12.3. The van der Waals surface area contributed by atoms with Crippen LogP contribution in [0.15, 0.2) is 36.5 Å². The molecule has 2 N–H and O–H groups in total. The summed E-state index contributed by atoms with van der Waals surface area (Å²) in [7, 11) is 0. The van der Waals surface area contributed by atoms with Crippen LogP contribution in [0.25, 0.3) is 0 Å². The quantitative estimate of drug-likeness (QED) is 0.794. The third-order valence-electron chi connectivity index (χ3n) is 3.35. The van der Waals surface area contributed by atoms with Gasteiger partial charge in [-0.1, -0.05) is 6.07 Å². The molecule has 2 aromatic rings. The number of carbonyl (C=O) groups is 1. The number of hydrogen-bond donors (Lipinski definition) is 1. The zero-order valence-electron chi connectivity index (χ0n) is 10.7. The number of nitrogens with two attached hydrogens (primary N) is 1. The lowest BCUT2D eigenvalue weighted by Gasteiger charge is -2.14. The van der Waals surface area contributed by atoms with Crippen LogP contribution >= 0.6 is 0 Å². The number of nitrogens with zero attached hydrogens (tertiary/aromatic N) is 3. The van der Waals surface area contributed by atoms with Crippen LogP contribution in [0.2, 0.25) is 0 Å². The van der Waals surface area contributed by atoms with Crippen molar-refractivity contribution in [2.24, 2.45) is 0 Å². The number of anilines is 1. The van der Waals surface area contributed by atoms with Crippen molar-refractivity contribution in [2.45, 2.75) is 13.1 Å². The molecule has 0 fully saturated rings. The zero-order valence-corrected chi connectivity index (χ0v) is 10.7. The molecule has 5 nitrogen and oxygen atoms in total. The van der Waals surface area contributed by atoms with Crippen molar-refractivity contribution in [3.63, 3.8) is 0 Å². The Morgan fingerprint density at radius 3 is 2.75 bits per heavy atom. The van der Waals surface area contributed by atoms with E-state index in [4.69, 9.17) is 11.0 Å². The fraction of sp³-hybridized carbons (Fsp3) is 0.133. The van der Waals surface area contributed by atoms with Crippen molar-refractivity contribution >= 4 is 11.6 Å². The maximum absolute atomic E-state index is 12.3. The van der Waals surface area contributed by atoms with Crippen LogP contribution in [-0.4, -0.2) is 15.8 Å². The van der Waals surface area contributed by atoms with Crippen molar-refractivity contribution in [2.75, 3.05) is 5.73 Å². The van der Waals surface area contributed by atoms with Crippen LogP contribution in [0.3, 0.4) is 0 Å². The lowest BCUT2D eigenvalue weighted by Crippen LogP contribution is -2.26. The first kappa shape index (κ1) is 12.2. The number of aromatic nitrogens is 1. The number of rotatable bonds is 1. The molecular weight excluding hydrogens is 252 g/mol. The minimum atomic E-state index is -0.135. The molecule has 3 rings (SSSR count). The molecule has 0 saturated carbocycles. The Morgan fingerprint density at radius 1 is 1.25 bits per heavy atom. The summed E-state index contributed by atoms with van der Waals surface area (Å²) in [4.78, 5) is 18.1. The number of fused-ring (bicyclic) bond motifs is 1. The summed E-state index contributed by atoms with van der Waals surface area (Å²) >= 11 is 0. The molecule has 2 heterocycles. The minimum Gasteiger partial charge on any atom is -0.399 e. The Kier molecular flexibility index (Phi) is 2.84. The predicted octanol–water partition coefficient (Wildman–Crippen LogP) is 1.69. The third-order valence-corrected chi connectivity index (χ3v) is 3.35. The van der Waals surface area contributed by atoms with Gasteiger partial charge in [-0.25, -0.2) is 4.98 Å². The molecule has 5 heteroatoms. The van der Waals surface area contributed by atoms with Crippen LogP contribution in [-0.2, 0) is 13.1 Å². The smallest absolute Gasteiger partial charge is 0.273 e. The van der Waals surface area contributed by atoms with Gasteiger partial charge < -0.3 is 10.6 Å². The average Bonchev–Trinajstić information content (AvgIpc) is 2.89. The normalized spacial score (nSPS) is 12.8. The van der Waals surface area contributed by atoms with Gasteiger partial charge in [0.25, 0.3) is 5.91 Å². The van der Waals surface area contributed by atoms with Gasteiger partial charge in [-0.05, 0) is 35.4 Å². The van der Waals surface area contributed by atoms with Gasteiger partial charge in [0.05, 0.1) is 5.56 Å². The number of pyridine rings is 1. The summed E-state index contributed by atoms with van der Waals surface area (Å²) in [6.07, 6.45) is 1.41.